The van der Waals surface area contributed by atoms with Crippen LogP contribution in [0, 0.1) is 0 Å². The molecule has 224 valence electrons. The third-order valence-electron chi connectivity index (χ3n) is 6.74. The van der Waals surface area contributed by atoms with E-state index >= 15 is 0 Å². The van der Waals surface area contributed by atoms with Crippen molar-refractivity contribution < 1.29 is 33.4 Å². The van der Waals surface area contributed by atoms with E-state index in [-0.39, 0.29) is 34.7 Å². The second-order valence-electron chi connectivity index (χ2n) is 9.76. The molecule has 0 aromatic heterocycles. The van der Waals surface area contributed by atoms with E-state index in [9.17, 15) is 19.2 Å². The normalized spacial score (nSPS) is 13.2. The van der Waals surface area contributed by atoms with E-state index in [0.29, 0.717) is 23.5 Å². The average molecular weight is 587 g/mol. The Morgan fingerprint density at radius 1 is 0.907 bits per heavy atom. The van der Waals surface area contributed by atoms with Crippen molar-refractivity contribution in [2.75, 3.05) is 19.0 Å². The summed E-state index contributed by atoms with van der Waals surface area (Å²) in [6.07, 6.45) is 6.44. The van der Waals surface area contributed by atoms with Crippen LogP contribution in [0.2, 0.25) is 0 Å². The van der Waals surface area contributed by atoms with E-state index in [2.05, 4.69) is 21.2 Å². The number of hydrogen-bond acceptors (Lipinski definition) is 8. The largest absolute Gasteiger partial charge is 0.494 e. The van der Waals surface area contributed by atoms with Crippen LogP contribution in [0.25, 0.3) is 0 Å². The van der Waals surface area contributed by atoms with E-state index in [1.807, 2.05) is 6.92 Å². The number of methoxy groups -OCH3 is 1. The van der Waals surface area contributed by atoms with Crippen LogP contribution in [0.3, 0.4) is 0 Å². The zero-order chi connectivity index (χ0) is 30.6. The molecule has 3 aromatic carbocycles. The highest BCUT2D eigenvalue weighted by molar-refractivity contribution is 6.40. The van der Waals surface area contributed by atoms with Gasteiger partial charge in [-0.3, -0.25) is 14.4 Å². The third kappa shape index (κ3) is 8.65. The highest BCUT2D eigenvalue weighted by atomic mass is 16.6. The second kappa shape index (κ2) is 15.2. The van der Waals surface area contributed by atoms with E-state index in [0.717, 1.165) is 32.1 Å². The number of anilines is 1. The Morgan fingerprint density at radius 3 is 2.37 bits per heavy atom. The third-order valence-corrected chi connectivity index (χ3v) is 6.74. The van der Waals surface area contributed by atoms with Gasteiger partial charge in [0.25, 0.3) is 5.91 Å². The van der Waals surface area contributed by atoms with Crippen molar-refractivity contribution in [3.8, 4) is 17.2 Å². The van der Waals surface area contributed by atoms with Crippen LogP contribution in [-0.2, 0) is 9.59 Å². The molecule has 1 fully saturated rings. The molecular weight excluding hydrogens is 552 g/mol. The Labute approximate surface area is 249 Å². The molecule has 43 heavy (non-hydrogen) atoms. The molecule has 1 aliphatic carbocycles. The molecule has 0 heterocycles. The first-order valence-electron chi connectivity index (χ1n) is 14.0. The molecule has 1 aliphatic rings. The van der Waals surface area contributed by atoms with E-state index in [1.165, 1.54) is 19.4 Å². The molecule has 0 spiro atoms. The lowest BCUT2D eigenvalue weighted by molar-refractivity contribution is -0.136. The summed E-state index contributed by atoms with van der Waals surface area (Å²) in [5.41, 5.74) is 3.50. The SMILES string of the molecule is CCOc1ccc(C(=O)Oc2ccc(/C=N/NC(=O)C(=O)Nc3ccccc3C(=O)NC3CCCCC3)cc2OC)cc1. The zero-order valence-electron chi connectivity index (χ0n) is 24.1. The fourth-order valence-electron chi connectivity index (χ4n) is 4.56. The Balaban J connectivity index is 1.32. The molecule has 0 aliphatic heterocycles. The molecule has 3 aromatic rings. The fourth-order valence-corrected chi connectivity index (χ4v) is 4.56. The van der Waals surface area contributed by atoms with Crippen LogP contribution >= 0.6 is 0 Å². The molecule has 11 heteroatoms. The number of carbonyl (C=O) groups is 4. The number of ether oxygens (including phenoxy) is 3. The van der Waals surface area contributed by atoms with Crippen LogP contribution < -0.4 is 30.3 Å². The standard InChI is InChI=1S/C32H34N4O7/c1-3-42-24-16-14-22(15-17-24)32(40)43-27-18-13-21(19-28(27)41-2)20-33-36-31(39)30(38)35-26-12-8-7-11-25(26)29(37)34-23-9-5-4-6-10-23/h7-8,11-20,23H,3-6,9-10H2,1-2H3,(H,34,37)(H,35,38)(H,36,39)/b33-20+. The molecule has 1 saturated carbocycles. The predicted molar refractivity (Wildman–Crippen MR) is 161 cm³/mol. The average Bonchev–Trinajstić information content (AvgIpc) is 3.02. The van der Waals surface area contributed by atoms with Crippen LogP contribution in [-0.4, -0.2) is 49.7 Å². The predicted octanol–water partition coefficient (Wildman–Crippen LogP) is 4.46. The number of rotatable bonds is 10. The monoisotopic (exact) mass is 586 g/mol. The molecule has 0 radical (unpaired) electrons. The number of hydrazone groups is 1. The van der Waals surface area contributed by atoms with Crippen molar-refractivity contribution in [2.24, 2.45) is 5.10 Å². The van der Waals surface area contributed by atoms with Gasteiger partial charge in [-0.1, -0.05) is 31.4 Å². The summed E-state index contributed by atoms with van der Waals surface area (Å²) in [4.78, 5) is 50.3. The number of nitrogens with zero attached hydrogens (tertiary/aromatic N) is 1. The van der Waals surface area contributed by atoms with E-state index < -0.39 is 17.8 Å². The number of benzene rings is 3. The second-order valence-corrected chi connectivity index (χ2v) is 9.76. The first kappa shape index (κ1) is 30.8. The fraction of sp³-hybridized carbons (Fsp3) is 0.281. The highest BCUT2D eigenvalue weighted by Crippen LogP contribution is 2.28. The summed E-state index contributed by atoms with van der Waals surface area (Å²) in [7, 11) is 1.42. The summed E-state index contributed by atoms with van der Waals surface area (Å²) < 4.78 is 16.2. The van der Waals surface area contributed by atoms with Gasteiger partial charge in [-0.25, -0.2) is 10.2 Å². The summed E-state index contributed by atoms with van der Waals surface area (Å²) in [6.45, 7) is 2.39. The molecule has 3 amide bonds. The van der Waals surface area contributed by atoms with Crippen LogP contribution in [0.5, 0.6) is 17.2 Å². The summed E-state index contributed by atoms with van der Waals surface area (Å²) in [5.74, 6) is -1.79. The number of nitrogens with one attached hydrogen (secondary N) is 3. The first-order chi connectivity index (χ1) is 20.9. The molecule has 0 atom stereocenters. The topological polar surface area (TPSA) is 144 Å². The van der Waals surface area contributed by atoms with E-state index in [4.69, 9.17) is 14.2 Å². The molecule has 3 N–H and O–H groups in total. The number of carbonyl (C=O) groups excluding carboxylic acids is 4. The van der Waals surface area contributed by atoms with Gasteiger partial charge in [-0.2, -0.15) is 5.10 Å². The maximum absolute atomic E-state index is 12.8. The number of esters is 1. The maximum atomic E-state index is 12.8. The van der Waals surface area contributed by atoms with Crippen molar-refractivity contribution in [3.05, 3.63) is 83.4 Å². The molecular formula is C32H34N4O7. The van der Waals surface area contributed by atoms with Crippen molar-refractivity contribution >= 4 is 35.6 Å². The van der Waals surface area contributed by atoms with Crippen molar-refractivity contribution in [3.63, 3.8) is 0 Å². The van der Waals surface area contributed by atoms with Gasteiger partial charge in [0, 0.05) is 6.04 Å². The summed E-state index contributed by atoms with van der Waals surface area (Å²) in [6, 6.07) is 17.8. The molecule has 11 nitrogen and oxygen atoms in total. The van der Waals surface area contributed by atoms with Crippen molar-refractivity contribution in [1.29, 1.82) is 0 Å². The Bertz CT molecular complexity index is 1480. The minimum absolute atomic E-state index is 0.0978. The van der Waals surface area contributed by atoms with Crippen molar-refractivity contribution in [1.82, 2.24) is 10.7 Å². The van der Waals surface area contributed by atoms with Crippen LogP contribution in [0.15, 0.2) is 71.8 Å². The zero-order valence-corrected chi connectivity index (χ0v) is 24.1. The van der Waals surface area contributed by atoms with Crippen molar-refractivity contribution in [2.45, 2.75) is 45.1 Å². The van der Waals surface area contributed by atoms with Gasteiger partial charge < -0.3 is 24.8 Å². The smallest absolute Gasteiger partial charge is 0.343 e. The minimum Gasteiger partial charge on any atom is -0.494 e. The Morgan fingerprint density at radius 2 is 1.65 bits per heavy atom. The lowest BCUT2D eigenvalue weighted by Gasteiger charge is -2.23. The summed E-state index contributed by atoms with van der Waals surface area (Å²) >= 11 is 0. The molecule has 0 unspecified atom stereocenters. The molecule has 4 rings (SSSR count). The van der Waals surface area contributed by atoms with Gasteiger partial charge in [0.2, 0.25) is 0 Å². The van der Waals surface area contributed by atoms with E-state index in [1.54, 1.807) is 60.7 Å². The molecule has 0 bridgehead atoms. The van der Waals surface area contributed by atoms with Gasteiger partial charge in [0.1, 0.15) is 5.75 Å². The Hall–Kier alpha value is -5.19. The lowest BCUT2D eigenvalue weighted by Crippen LogP contribution is -2.37. The van der Waals surface area contributed by atoms with Gasteiger partial charge in [0.15, 0.2) is 11.5 Å². The lowest BCUT2D eigenvalue weighted by atomic mass is 9.95. The Kier molecular flexibility index (Phi) is 10.8. The first-order valence-corrected chi connectivity index (χ1v) is 14.0. The quantitative estimate of drug-likeness (QED) is 0.105. The summed E-state index contributed by atoms with van der Waals surface area (Å²) in [5, 5.41) is 9.33. The van der Waals surface area contributed by atoms with Gasteiger partial charge in [-0.05, 0) is 79.9 Å². The highest BCUT2D eigenvalue weighted by Gasteiger charge is 2.21. The van der Waals surface area contributed by atoms with Gasteiger partial charge >= 0.3 is 17.8 Å². The number of para-hydroxylation sites is 1. The maximum Gasteiger partial charge on any atom is 0.343 e. The van der Waals surface area contributed by atoms with Gasteiger partial charge in [0.05, 0.1) is 36.7 Å². The molecule has 0 saturated heterocycles. The number of amides is 3. The van der Waals surface area contributed by atoms with Crippen LogP contribution in [0.1, 0.15) is 65.3 Å². The van der Waals surface area contributed by atoms with Gasteiger partial charge in [-0.15, -0.1) is 0 Å². The number of hydrogen-bond donors (Lipinski definition) is 3. The minimum atomic E-state index is -1.02. The van der Waals surface area contributed by atoms with Crippen LogP contribution in [0.4, 0.5) is 5.69 Å².